The van der Waals surface area contributed by atoms with Crippen LogP contribution in [0.1, 0.15) is 28.3 Å². The molecule has 2 aromatic heterocycles. The van der Waals surface area contributed by atoms with Crippen LogP contribution >= 0.6 is 0 Å². The lowest BCUT2D eigenvalue weighted by molar-refractivity contribution is -0.137. The van der Waals surface area contributed by atoms with Crippen molar-refractivity contribution < 1.29 is 9.59 Å². The van der Waals surface area contributed by atoms with E-state index in [1.165, 1.54) is 0 Å². The van der Waals surface area contributed by atoms with Crippen LogP contribution in [0.3, 0.4) is 0 Å². The van der Waals surface area contributed by atoms with Crippen molar-refractivity contribution in [3.05, 3.63) is 29.2 Å². The Morgan fingerprint density at radius 3 is 2.83 bits per heavy atom. The molecule has 0 spiro atoms. The van der Waals surface area contributed by atoms with Crippen LogP contribution in [0, 0.1) is 25.7 Å². The minimum Gasteiger partial charge on any atom is -0.345 e. The summed E-state index contributed by atoms with van der Waals surface area (Å²) >= 11 is 0. The zero-order chi connectivity index (χ0) is 17.0. The maximum Gasteiger partial charge on any atom is 0.274 e. The summed E-state index contributed by atoms with van der Waals surface area (Å²) in [7, 11) is 1.84. The minimum absolute atomic E-state index is 0.0631. The van der Waals surface area contributed by atoms with E-state index >= 15 is 0 Å². The summed E-state index contributed by atoms with van der Waals surface area (Å²) in [6, 6.07) is 3.67. The number of hydrogen-bond acceptors (Lipinski definition) is 4. The fourth-order valence-electron chi connectivity index (χ4n) is 3.92. The molecule has 2 aliphatic heterocycles. The van der Waals surface area contributed by atoms with E-state index in [4.69, 9.17) is 0 Å². The Morgan fingerprint density at radius 2 is 2.04 bits per heavy atom. The number of carbonyl (C=O) groups excluding carboxylic acids is 2. The Balaban J connectivity index is 1.61. The molecule has 126 valence electrons. The summed E-state index contributed by atoms with van der Waals surface area (Å²) in [6.45, 7) is 5.78. The van der Waals surface area contributed by atoms with Crippen molar-refractivity contribution in [2.24, 2.45) is 11.8 Å². The number of piperidine rings is 1. The largest absolute Gasteiger partial charge is 0.345 e. The minimum atomic E-state index is -0.109. The molecule has 2 aromatic rings. The third-order valence-corrected chi connectivity index (χ3v) is 5.21. The maximum atomic E-state index is 12.8. The van der Waals surface area contributed by atoms with Gasteiger partial charge < -0.3 is 9.80 Å². The van der Waals surface area contributed by atoms with Crippen molar-refractivity contribution in [2.45, 2.75) is 20.3 Å². The van der Waals surface area contributed by atoms with Gasteiger partial charge in [-0.1, -0.05) is 0 Å². The SMILES string of the molecule is Cc1cc(C)n2nc(C(=O)N3C[C@H]4CCN(C)C(=O)[C@H]4C3)cc2n1. The number of likely N-dealkylation sites (tertiary alicyclic amines) is 2. The summed E-state index contributed by atoms with van der Waals surface area (Å²) in [5, 5.41) is 4.42. The second-order valence-corrected chi connectivity index (χ2v) is 6.96. The van der Waals surface area contributed by atoms with Gasteiger partial charge in [0.1, 0.15) is 0 Å². The molecule has 2 aliphatic rings. The van der Waals surface area contributed by atoms with Crippen molar-refractivity contribution in [1.82, 2.24) is 24.4 Å². The van der Waals surface area contributed by atoms with Crippen molar-refractivity contribution in [1.29, 1.82) is 0 Å². The molecule has 7 nitrogen and oxygen atoms in total. The molecule has 7 heteroatoms. The van der Waals surface area contributed by atoms with Crippen molar-refractivity contribution in [3.8, 4) is 0 Å². The maximum absolute atomic E-state index is 12.8. The Kier molecular flexibility index (Phi) is 3.33. The summed E-state index contributed by atoms with van der Waals surface area (Å²) in [6.07, 6.45) is 0.960. The molecule has 2 atom stereocenters. The standard InChI is InChI=1S/C17H21N5O2/c1-10-6-11(2)22-15(18-10)7-14(19-22)17(24)21-8-12-4-5-20(3)16(23)13(12)9-21/h6-7,12-13H,4-5,8-9H2,1-3H3/t12-,13+/m1/s1. The molecule has 0 N–H and O–H groups in total. The summed E-state index contributed by atoms with van der Waals surface area (Å²) in [5.74, 6) is 0.260. The van der Waals surface area contributed by atoms with Crippen LogP contribution in [-0.2, 0) is 4.79 Å². The van der Waals surface area contributed by atoms with Gasteiger partial charge in [-0.3, -0.25) is 9.59 Å². The van der Waals surface area contributed by atoms with E-state index in [9.17, 15) is 9.59 Å². The molecular formula is C17H21N5O2. The highest BCUT2D eigenvalue weighted by Gasteiger charge is 2.43. The first-order valence-electron chi connectivity index (χ1n) is 8.32. The van der Waals surface area contributed by atoms with E-state index in [0.29, 0.717) is 24.4 Å². The fourth-order valence-corrected chi connectivity index (χ4v) is 3.92. The Labute approximate surface area is 140 Å². The second-order valence-electron chi connectivity index (χ2n) is 6.96. The number of rotatable bonds is 1. The number of nitrogens with zero attached hydrogens (tertiary/aromatic N) is 5. The molecular weight excluding hydrogens is 306 g/mol. The zero-order valence-corrected chi connectivity index (χ0v) is 14.2. The van der Waals surface area contributed by atoms with Crippen molar-refractivity contribution >= 4 is 17.5 Å². The normalized spacial score (nSPS) is 23.9. The third-order valence-electron chi connectivity index (χ3n) is 5.21. The summed E-state index contributed by atoms with van der Waals surface area (Å²) in [5.41, 5.74) is 2.93. The molecule has 0 aromatic carbocycles. The lowest BCUT2D eigenvalue weighted by atomic mass is 9.88. The number of amides is 2. The van der Waals surface area contributed by atoms with Gasteiger partial charge in [-0.25, -0.2) is 9.50 Å². The summed E-state index contributed by atoms with van der Waals surface area (Å²) < 4.78 is 1.70. The predicted octanol–water partition coefficient (Wildman–Crippen LogP) is 0.896. The van der Waals surface area contributed by atoms with Gasteiger partial charge >= 0.3 is 0 Å². The van der Waals surface area contributed by atoms with E-state index in [2.05, 4.69) is 10.1 Å². The van der Waals surface area contributed by atoms with Gasteiger partial charge in [0, 0.05) is 44.1 Å². The van der Waals surface area contributed by atoms with E-state index in [-0.39, 0.29) is 23.7 Å². The van der Waals surface area contributed by atoms with Crippen LogP contribution < -0.4 is 0 Å². The Hall–Kier alpha value is -2.44. The van der Waals surface area contributed by atoms with Gasteiger partial charge in [0.25, 0.3) is 5.91 Å². The molecule has 4 heterocycles. The van der Waals surface area contributed by atoms with E-state index in [0.717, 1.165) is 24.4 Å². The first-order chi connectivity index (χ1) is 11.4. The monoisotopic (exact) mass is 327 g/mol. The lowest BCUT2D eigenvalue weighted by Gasteiger charge is -2.30. The van der Waals surface area contributed by atoms with E-state index < -0.39 is 0 Å². The predicted molar refractivity (Wildman–Crippen MR) is 87.6 cm³/mol. The highest BCUT2D eigenvalue weighted by atomic mass is 16.2. The quantitative estimate of drug-likeness (QED) is 0.780. The number of aryl methyl sites for hydroxylation is 2. The van der Waals surface area contributed by atoms with Crippen LogP contribution in [0.4, 0.5) is 0 Å². The number of carbonyl (C=O) groups is 2. The van der Waals surface area contributed by atoms with E-state index in [1.54, 1.807) is 20.4 Å². The van der Waals surface area contributed by atoms with Gasteiger partial charge in [-0.05, 0) is 32.3 Å². The Morgan fingerprint density at radius 1 is 1.25 bits per heavy atom. The number of fused-ring (bicyclic) bond motifs is 2. The average molecular weight is 327 g/mol. The average Bonchev–Trinajstić information content (AvgIpc) is 3.14. The molecule has 4 rings (SSSR count). The topological polar surface area (TPSA) is 70.8 Å². The molecule has 2 saturated heterocycles. The number of hydrogen-bond donors (Lipinski definition) is 0. The molecule has 2 fully saturated rings. The van der Waals surface area contributed by atoms with Gasteiger partial charge in [-0.2, -0.15) is 5.10 Å². The Bertz CT molecular complexity index is 843. The summed E-state index contributed by atoms with van der Waals surface area (Å²) in [4.78, 5) is 33.1. The first kappa shape index (κ1) is 15.1. The smallest absolute Gasteiger partial charge is 0.274 e. The molecule has 24 heavy (non-hydrogen) atoms. The van der Waals surface area contributed by atoms with Gasteiger partial charge in [-0.15, -0.1) is 0 Å². The molecule has 0 aliphatic carbocycles. The lowest BCUT2D eigenvalue weighted by Crippen LogP contribution is -2.42. The van der Waals surface area contributed by atoms with Gasteiger partial charge in [0.2, 0.25) is 5.91 Å². The van der Waals surface area contributed by atoms with Gasteiger partial charge in [0.15, 0.2) is 11.3 Å². The van der Waals surface area contributed by atoms with Crippen LogP contribution in [0.15, 0.2) is 12.1 Å². The molecule has 0 bridgehead atoms. The number of aromatic nitrogens is 3. The molecule has 0 unspecified atom stereocenters. The fraction of sp³-hybridized carbons (Fsp3) is 0.529. The highest BCUT2D eigenvalue weighted by Crippen LogP contribution is 2.32. The van der Waals surface area contributed by atoms with Gasteiger partial charge in [0.05, 0.1) is 5.92 Å². The second kappa shape index (κ2) is 5.29. The molecule has 0 saturated carbocycles. The van der Waals surface area contributed by atoms with Crippen LogP contribution in [0.25, 0.3) is 5.65 Å². The zero-order valence-electron chi connectivity index (χ0n) is 14.2. The van der Waals surface area contributed by atoms with Crippen molar-refractivity contribution in [3.63, 3.8) is 0 Å². The third kappa shape index (κ3) is 2.26. The molecule has 0 radical (unpaired) electrons. The van der Waals surface area contributed by atoms with Crippen LogP contribution in [-0.4, -0.2) is 62.9 Å². The van der Waals surface area contributed by atoms with Crippen LogP contribution in [0.2, 0.25) is 0 Å². The van der Waals surface area contributed by atoms with Crippen molar-refractivity contribution in [2.75, 3.05) is 26.7 Å². The van der Waals surface area contributed by atoms with E-state index in [1.807, 2.05) is 27.0 Å². The highest BCUT2D eigenvalue weighted by molar-refractivity contribution is 5.94. The first-order valence-corrected chi connectivity index (χ1v) is 8.32. The molecule has 2 amide bonds. The van der Waals surface area contributed by atoms with Crippen LogP contribution in [0.5, 0.6) is 0 Å².